The molecule has 0 unspecified atom stereocenters. The predicted molar refractivity (Wildman–Crippen MR) is 131 cm³/mol. The van der Waals surface area contributed by atoms with Crippen LogP contribution < -0.4 is 14.2 Å². The fourth-order valence-electron chi connectivity index (χ4n) is 2.83. The Hall–Kier alpha value is -1.55. The molecule has 0 aliphatic rings. The average Bonchev–Trinajstić information content (AvgIpc) is 2.75. The van der Waals surface area contributed by atoms with Gasteiger partial charge in [-0.3, -0.25) is 4.79 Å². The summed E-state index contributed by atoms with van der Waals surface area (Å²) in [7, 11) is -3.46. The molecule has 0 saturated heterocycles. The Kier molecular flexibility index (Phi) is 9.84. The lowest BCUT2D eigenvalue weighted by molar-refractivity contribution is -0.119. The van der Waals surface area contributed by atoms with Crippen molar-refractivity contribution in [1.82, 2.24) is 4.72 Å². The molecular weight excluding hydrogens is 513 g/mol. The molecule has 0 spiro atoms. The number of benzene rings is 2. The number of rotatable bonds is 12. The van der Waals surface area contributed by atoms with Crippen molar-refractivity contribution < 1.29 is 27.8 Å². The molecule has 2 N–H and O–H groups in total. The van der Waals surface area contributed by atoms with Crippen LogP contribution in [0.2, 0.25) is 10.0 Å². The second-order valence-electron chi connectivity index (χ2n) is 7.96. The highest BCUT2D eigenvalue weighted by molar-refractivity contribution is 7.88. The van der Waals surface area contributed by atoms with Crippen LogP contribution >= 0.6 is 34.8 Å². The monoisotopic (exact) mass is 537 g/mol. The summed E-state index contributed by atoms with van der Waals surface area (Å²) in [6, 6.07) is 10.6. The molecular formula is C22H26Cl3NO6S. The van der Waals surface area contributed by atoms with Gasteiger partial charge in [0.1, 0.15) is 30.8 Å². The first-order valence-electron chi connectivity index (χ1n) is 9.89. The molecule has 2 rings (SSSR count). The number of hydrogen-bond acceptors (Lipinski definition) is 6. The van der Waals surface area contributed by atoms with Crippen LogP contribution in [-0.2, 0) is 20.2 Å². The zero-order valence-electron chi connectivity index (χ0n) is 18.4. The van der Waals surface area contributed by atoms with Gasteiger partial charge in [-0.1, -0.05) is 49.2 Å². The number of ether oxygens (including phenoxy) is 2. The zero-order valence-corrected chi connectivity index (χ0v) is 21.5. The molecule has 0 radical (unpaired) electrons. The lowest BCUT2D eigenvalue weighted by atomic mass is 9.78. The fraction of sp³-hybridized carbons (Fsp3) is 0.409. The van der Waals surface area contributed by atoms with E-state index < -0.39 is 27.3 Å². The Bertz CT molecular complexity index is 1090. The van der Waals surface area contributed by atoms with E-state index >= 15 is 0 Å². The first-order chi connectivity index (χ1) is 15.3. The Balaban J connectivity index is 2.11. The maximum absolute atomic E-state index is 11.8. The van der Waals surface area contributed by atoms with Gasteiger partial charge in [0.05, 0.1) is 28.7 Å². The summed E-state index contributed by atoms with van der Waals surface area (Å²) in [4.78, 5) is 11.8. The van der Waals surface area contributed by atoms with Crippen molar-refractivity contribution in [2.75, 3.05) is 31.9 Å². The van der Waals surface area contributed by atoms with Gasteiger partial charge in [-0.25, -0.2) is 13.1 Å². The third-order valence-corrected chi connectivity index (χ3v) is 6.45. The summed E-state index contributed by atoms with van der Waals surface area (Å²) in [5.41, 5.74) is 1.31. The van der Waals surface area contributed by atoms with E-state index in [0.717, 1.165) is 17.4 Å². The smallest absolute Gasteiger partial charge is 0.209 e. The number of aliphatic hydroxyl groups is 1. The average molecular weight is 539 g/mol. The maximum atomic E-state index is 11.8. The third-order valence-electron chi connectivity index (χ3n) is 4.84. The van der Waals surface area contributed by atoms with Crippen molar-refractivity contribution >= 4 is 50.6 Å². The number of nitrogens with one attached hydrogen (secondary N) is 1. The fourth-order valence-corrected chi connectivity index (χ4v) is 3.81. The number of ketones is 1. The first kappa shape index (κ1) is 27.7. The molecule has 0 amide bonds. The molecule has 7 nitrogen and oxygen atoms in total. The number of carbonyl (C=O) groups is 1. The minimum Gasteiger partial charge on any atom is -0.489 e. The predicted octanol–water partition coefficient (Wildman–Crippen LogP) is 3.79. The number of carbonyl (C=O) groups excluding carboxylic acids is 1. The molecule has 1 atom stereocenters. The van der Waals surface area contributed by atoms with E-state index in [0.29, 0.717) is 21.5 Å². The number of alkyl halides is 1. The molecule has 0 aromatic heterocycles. The molecule has 0 heterocycles. The van der Waals surface area contributed by atoms with Crippen LogP contribution in [0.15, 0.2) is 36.4 Å². The van der Waals surface area contributed by atoms with Crippen molar-refractivity contribution in [2.45, 2.75) is 25.4 Å². The van der Waals surface area contributed by atoms with Crippen LogP contribution in [0, 0.1) is 0 Å². The van der Waals surface area contributed by atoms with Crippen LogP contribution in [0.4, 0.5) is 0 Å². The molecule has 0 bridgehead atoms. The van der Waals surface area contributed by atoms with Gasteiger partial charge in [-0.15, -0.1) is 11.6 Å². The van der Waals surface area contributed by atoms with Crippen molar-refractivity contribution in [1.29, 1.82) is 0 Å². The molecule has 182 valence electrons. The van der Waals surface area contributed by atoms with Crippen molar-refractivity contribution in [3.05, 3.63) is 57.6 Å². The van der Waals surface area contributed by atoms with Gasteiger partial charge in [-0.05, 0) is 35.4 Å². The van der Waals surface area contributed by atoms with Gasteiger partial charge in [0.15, 0.2) is 5.78 Å². The van der Waals surface area contributed by atoms with Crippen LogP contribution in [0.5, 0.6) is 11.5 Å². The summed E-state index contributed by atoms with van der Waals surface area (Å²) < 4.78 is 35.2. The first-order valence-corrected chi connectivity index (χ1v) is 13.1. The Morgan fingerprint density at radius 1 is 1.06 bits per heavy atom. The summed E-state index contributed by atoms with van der Waals surface area (Å²) in [5, 5.41) is 10.3. The SMILES string of the molecule is CC(C)(c1ccc(OCC(=O)CNS(C)(=O)=O)c(Cl)c1)c1ccc(OC[C@H](O)CCl)c(Cl)c1. The Morgan fingerprint density at radius 2 is 1.58 bits per heavy atom. The molecule has 0 saturated carbocycles. The molecule has 2 aromatic carbocycles. The second-order valence-corrected chi connectivity index (χ2v) is 10.9. The van der Waals surface area contributed by atoms with E-state index in [1.165, 1.54) is 0 Å². The molecule has 0 aliphatic carbocycles. The summed E-state index contributed by atoms with van der Waals surface area (Å²) in [6.45, 7) is 3.37. The highest BCUT2D eigenvalue weighted by atomic mass is 35.5. The quantitative estimate of drug-likeness (QED) is 0.399. The maximum Gasteiger partial charge on any atom is 0.209 e. The van der Waals surface area contributed by atoms with Crippen LogP contribution in [0.3, 0.4) is 0 Å². The van der Waals surface area contributed by atoms with E-state index in [1.54, 1.807) is 24.3 Å². The van der Waals surface area contributed by atoms with Crippen molar-refractivity contribution in [3.63, 3.8) is 0 Å². The standard InChI is InChI=1S/C22H26Cl3NO6S/c1-22(2,14-4-6-20(18(24)8-14)31-12-16(27)10-23)15-5-7-21(19(25)9-15)32-13-17(28)11-26-33(3,29)30/h4-9,16,26-27H,10-13H2,1-3H3/t16-/m1/s1. The number of Topliss-reactive ketones (excluding diaryl/α,β-unsaturated/α-hetero) is 1. The minimum atomic E-state index is -3.46. The molecule has 2 aromatic rings. The van der Waals surface area contributed by atoms with E-state index in [4.69, 9.17) is 44.3 Å². The summed E-state index contributed by atoms with van der Waals surface area (Å²) in [6.07, 6.45) is 0.186. The minimum absolute atomic E-state index is 0.0376. The number of aliphatic hydroxyl groups excluding tert-OH is 1. The largest absolute Gasteiger partial charge is 0.489 e. The molecule has 33 heavy (non-hydrogen) atoms. The lowest BCUT2D eigenvalue weighted by Gasteiger charge is -2.27. The third kappa shape index (κ3) is 8.31. The van der Waals surface area contributed by atoms with Crippen LogP contribution in [-0.4, -0.2) is 57.3 Å². The van der Waals surface area contributed by atoms with E-state index in [2.05, 4.69) is 4.72 Å². The normalized spacial score (nSPS) is 12.9. The lowest BCUT2D eigenvalue weighted by Crippen LogP contribution is -2.31. The van der Waals surface area contributed by atoms with Crippen molar-refractivity contribution in [3.8, 4) is 11.5 Å². The van der Waals surface area contributed by atoms with Crippen LogP contribution in [0.25, 0.3) is 0 Å². The molecule has 0 aliphatic heterocycles. The highest BCUT2D eigenvalue weighted by Gasteiger charge is 2.25. The zero-order chi connectivity index (χ0) is 24.8. The number of sulfonamides is 1. The molecule has 11 heteroatoms. The Labute approximate surface area is 209 Å². The topological polar surface area (TPSA) is 102 Å². The van der Waals surface area contributed by atoms with Gasteiger partial charge in [-0.2, -0.15) is 0 Å². The van der Waals surface area contributed by atoms with E-state index in [1.807, 2.05) is 26.0 Å². The summed E-state index contributed by atoms with van der Waals surface area (Å²) >= 11 is 18.3. The summed E-state index contributed by atoms with van der Waals surface area (Å²) in [5.74, 6) is 0.381. The number of halogens is 3. The van der Waals surface area contributed by atoms with E-state index in [9.17, 15) is 18.3 Å². The van der Waals surface area contributed by atoms with Gasteiger partial charge in [0, 0.05) is 5.41 Å². The molecule has 0 fully saturated rings. The van der Waals surface area contributed by atoms with Gasteiger partial charge in [0.25, 0.3) is 0 Å². The van der Waals surface area contributed by atoms with Gasteiger partial charge >= 0.3 is 0 Å². The van der Waals surface area contributed by atoms with E-state index in [-0.39, 0.29) is 25.6 Å². The van der Waals surface area contributed by atoms with Gasteiger partial charge in [0.2, 0.25) is 10.0 Å². The Morgan fingerprint density at radius 3 is 2.03 bits per heavy atom. The van der Waals surface area contributed by atoms with Crippen molar-refractivity contribution in [2.24, 2.45) is 0 Å². The number of hydrogen-bond donors (Lipinski definition) is 2. The van der Waals surface area contributed by atoms with Gasteiger partial charge < -0.3 is 14.6 Å². The van der Waals surface area contributed by atoms with Crippen LogP contribution in [0.1, 0.15) is 25.0 Å². The second kappa shape index (κ2) is 11.7. The highest BCUT2D eigenvalue weighted by Crippen LogP contribution is 2.38.